The van der Waals surface area contributed by atoms with Crippen molar-refractivity contribution < 1.29 is 9.90 Å². The van der Waals surface area contributed by atoms with Crippen LogP contribution in [0, 0.1) is 5.41 Å². The average Bonchev–Trinajstić information content (AvgIpc) is 2.35. The maximum atomic E-state index is 12.0. The lowest BCUT2D eigenvalue weighted by atomic mass is 9.89. The first-order valence-electron chi connectivity index (χ1n) is 7.05. The molecule has 2 atom stereocenters. The molecule has 1 aromatic carbocycles. The molecular weight excluding hydrogens is 252 g/mol. The fraction of sp³-hybridized carbons (Fsp3) is 0.562. The Morgan fingerprint density at radius 3 is 2.40 bits per heavy atom. The number of anilines is 1. The number of hydrogen-bond donors (Lipinski definition) is 3. The molecule has 0 spiro atoms. The third-order valence-electron chi connectivity index (χ3n) is 2.94. The fourth-order valence-electron chi connectivity index (χ4n) is 1.96. The maximum Gasteiger partial charge on any atom is 0.241 e. The minimum Gasteiger partial charge on any atom is -0.392 e. The van der Waals surface area contributed by atoms with Gasteiger partial charge in [0.05, 0.1) is 12.1 Å². The molecule has 0 bridgehead atoms. The summed E-state index contributed by atoms with van der Waals surface area (Å²) in [6.45, 7) is 8.47. The summed E-state index contributed by atoms with van der Waals surface area (Å²) < 4.78 is 0. The van der Waals surface area contributed by atoms with Gasteiger partial charge in [-0.25, -0.2) is 0 Å². The van der Waals surface area contributed by atoms with Crippen LogP contribution in [0.5, 0.6) is 0 Å². The summed E-state index contributed by atoms with van der Waals surface area (Å²) in [6.07, 6.45) is 0.259. The molecule has 2 unspecified atom stereocenters. The first-order chi connectivity index (χ1) is 9.28. The summed E-state index contributed by atoms with van der Waals surface area (Å²) in [5, 5.41) is 15.8. The van der Waals surface area contributed by atoms with Crippen molar-refractivity contribution in [2.45, 2.75) is 46.3 Å². The van der Waals surface area contributed by atoms with Crippen LogP contribution in [0.25, 0.3) is 0 Å². The Kier molecular flexibility index (Phi) is 6.17. The lowest BCUT2D eigenvalue weighted by Gasteiger charge is -2.23. The lowest BCUT2D eigenvalue weighted by molar-refractivity contribution is -0.117. The van der Waals surface area contributed by atoms with Crippen LogP contribution in [0.4, 0.5) is 5.69 Å². The molecule has 3 N–H and O–H groups in total. The zero-order chi connectivity index (χ0) is 15.2. The maximum absolute atomic E-state index is 12.0. The van der Waals surface area contributed by atoms with E-state index in [1.807, 2.05) is 30.3 Å². The van der Waals surface area contributed by atoms with Gasteiger partial charge in [0.1, 0.15) is 0 Å². The van der Waals surface area contributed by atoms with Crippen LogP contribution >= 0.6 is 0 Å². The Labute approximate surface area is 121 Å². The number of carbonyl (C=O) groups is 1. The summed E-state index contributed by atoms with van der Waals surface area (Å²) in [6, 6.07) is 9.00. The van der Waals surface area contributed by atoms with E-state index >= 15 is 0 Å². The minimum absolute atomic E-state index is 0.0800. The van der Waals surface area contributed by atoms with Crippen molar-refractivity contribution in [3.8, 4) is 0 Å². The summed E-state index contributed by atoms with van der Waals surface area (Å²) in [7, 11) is 0. The second kappa shape index (κ2) is 7.41. The van der Waals surface area contributed by atoms with Gasteiger partial charge in [0.15, 0.2) is 0 Å². The van der Waals surface area contributed by atoms with Gasteiger partial charge < -0.3 is 15.7 Å². The van der Waals surface area contributed by atoms with E-state index in [4.69, 9.17) is 0 Å². The molecule has 0 aliphatic rings. The van der Waals surface area contributed by atoms with Crippen molar-refractivity contribution in [2.75, 3.05) is 11.9 Å². The van der Waals surface area contributed by atoms with E-state index in [1.165, 1.54) is 0 Å². The van der Waals surface area contributed by atoms with Gasteiger partial charge in [-0.2, -0.15) is 0 Å². The monoisotopic (exact) mass is 278 g/mol. The highest BCUT2D eigenvalue weighted by Gasteiger charge is 2.18. The molecule has 20 heavy (non-hydrogen) atoms. The number of rotatable bonds is 6. The quantitative estimate of drug-likeness (QED) is 0.749. The van der Waals surface area contributed by atoms with Crippen molar-refractivity contribution >= 4 is 11.6 Å². The van der Waals surface area contributed by atoms with Gasteiger partial charge in [0, 0.05) is 12.2 Å². The van der Waals surface area contributed by atoms with Crippen LogP contribution in [-0.4, -0.2) is 29.7 Å². The fourth-order valence-corrected chi connectivity index (χ4v) is 1.96. The number of carbonyl (C=O) groups excluding carboxylic acids is 1. The number of nitrogens with one attached hydrogen (secondary N) is 2. The van der Waals surface area contributed by atoms with Crippen LogP contribution in [-0.2, 0) is 4.79 Å². The first-order valence-corrected chi connectivity index (χ1v) is 7.05. The molecule has 0 aliphatic heterocycles. The molecule has 1 aromatic rings. The zero-order valence-electron chi connectivity index (χ0n) is 12.8. The topological polar surface area (TPSA) is 61.4 Å². The Bertz CT molecular complexity index is 412. The molecule has 0 radical (unpaired) electrons. The first kappa shape index (κ1) is 16.7. The van der Waals surface area contributed by atoms with Crippen molar-refractivity contribution in [3.63, 3.8) is 0 Å². The van der Waals surface area contributed by atoms with Crippen LogP contribution in [0.3, 0.4) is 0 Å². The summed E-state index contributed by atoms with van der Waals surface area (Å²) in [4.78, 5) is 12.0. The van der Waals surface area contributed by atoms with Crippen molar-refractivity contribution in [3.05, 3.63) is 30.3 Å². The third kappa shape index (κ3) is 6.68. The van der Waals surface area contributed by atoms with E-state index in [2.05, 4.69) is 31.4 Å². The number of hydrogen-bond acceptors (Lipinski definition) is 3. The number of aliphatic hydroxyl groups is 1. The average molecular weight is 278 g/mol. The normalized spacial score (nSPS) is 14.7. The Morgan fingerprint density at radius 2 is 1.85 bits per heavy atom. The van der Waals surface area contributed by atoms with E-state index < -0.39 is 6.10 Å². The van der Waals surface area contributed by atoms with E-state index in [1.54, 1.807) is 6.92 Å². The van der Waals surface area contributed by atoms with Gasteiger partial charge >= 0.3 is 0 Å². The van der Waals surface area contributed by atoms with Crippen molar-refractivity contribution in [1.29, 1.82) is 0 Å². The number of para-hydroxylation sites is 1. The van der Waals surface area contributed by atoms with Crippen LogP contribution in [0.1, 0.15) is 34.1 Å². The third-order valence-corrected chi connectivity index (χ3v) is 2.94. The van der Waals surface area contributed by atoms with Gasteiger partial charge in [0.2, 0.25) is 5.91 Å². The molecule has 4 heteroatoms. The van der Waals surface area contributed by atoms with Gasteiger partial charge in [-0.15, -0.1) is 0 Å². The van der Waals surface area contributed by atoms with Gasteiger partial charge in [-0.05, 0) is 30.9 Å². The van der Waals surface area contributed by atoms with Crippen molar-refractivity contribution in [1.82, 2.24) is 5.32 Å². The molecule has 0 saturated heterocycles. The highest BCUT2D eigenvalue weighted by atomic mass is 16.3. The SMILES string of the molecule is CC(NCC(O)CC(C)(C)C)C(=O)Nc1ccccc1. The minimum atomic E-state index is -0.443. The van der Waals surface area contributed by atoms with E-state index in [-0.39, 0.29) is 17.4 Å². The summed E-state index contributed by atoms with van der Waals surface area (Å²) >= 11 is 0. The molecule has 1 amide bonds. The standard InChI is InChI=1S/C16H26N2O2/c1-12(17-11-14(19)10-16(2,3)4)15(20)18-13-8-6-5-7-9-13/h5-9,12,14,17,19H,10-11H2,1-4H3,(H,18,20). The van der Waals surface area contributed by atoms with E-state index in [0.717, 1.165) is 5.69 Å². The van der Waals surface area contributed by atoms with Gasteiger partial charge in [-0.1, -0.05) is 39.0 Å². The molecule has 0 aliphatic carbocycles. The smallest absolute Gasteiger partial charge is 0.241 e. The zero-order valence-corrected chi connectivity index (χ0v) is 12.8. The highest BCUT2D eigenvalue weighted by molar-refractivity contribution is 5.94. The molecule has 4 nitrogen and oxygen atoms in total. The van der Waals surface area contributed by atoms with Gasteiger partial charge in [0.25, 0.3) is 0 Å². The summed E-state index contributed by atoms with van der Waals surface area (Å²) in [5.41, 5.74) is 0.859. The molecular formula is C16H26N2O2. The predicted molar refractivity (Wildman–Crippen MR) is 82.6 cm³/mol. The lowest BCUT2D eigenvalue weighted by Crippen LogP contribution is -2.42. The van der Waals surface area contributed by atoms with Gasteiger partial charge in [-0.3, -0.25) is 4.79 Å². The number of benzene rings is 1. The molecule has 112 valence electrons. The number of aliphatic hydroxyl groups excluding tert-OH is 1. The van der Waals surface area contributed by atoms with Crippen LogP contribution < -0.4 is 10.6 Å². The highest BCUT2D eigenvalue weighted by Crippen LogP contribution is 2.20. The predicted octanol–water partition coefficient (Wildman–Crippen LogP) is 2.40. The Morgan fingerprint density at radius 1 is 1.25 bits per heavy atom. The van der Waals surface area contributed by atoms with E-state index in [9.17, 15) is 9.90 Å². The second-order valence-corrected chi connectivity index (χ2v) is 6.40. The largest absolute Gasteiger partial charge is 0.392 e. The van der Waals surface area contributed by atoms with Crippen LogP contribution in [0.15, 0.2) is 30.3 Å². The Balaban J connectivity index is 2.35. The summed E-state index contributed by atoms with van der Waals surface area (Å²) in [5.74, 6) is -0.0980. The molecule has 1 rings (SSSR count). The van der Waals surface area contributed by atoms with E-state index in [0.29, 0.717) is 13.0 Å². The molecule has 0 aromatic heterocycles. The molecule has 0 heterocycles. The number of amides is 1. The second-order valence-electron chi connectivity index (χ2n) is 6.40. The molecule has 0 saturated carbocycles. The van der Waals surface area contributed by atoms with Crippen molar-refractivity contribution in [2.24, 2.45) is 5.41 Å². The Hall–Kier alpha value is -1.39. The van der Waals surface area contributed by atoms with Crippen LogP contribution in [0.2, 0.25) is 0 Å². The molecule has 0 fully saturated rings.